The van der Waals surface area contributed by atoms with E-state index in [0.29, 0.717) is 31.5 Å². The Morgan fingerprint density at radius 3 is 2.56 bits per heavy atom. The minimum absolute atomic E-state index is 0. The number of aliphatic hydroxyl groups is 1. The molecule has 5 rings (SSSR count). The highest BCUT2D eigenvalue weighted by Gasteiger charge is 2.56. The van der Waals surface area contributed by atoms with Gasteiger partial charge in [-0.25, -0.2) is 0 Å². The molecule has 0 amide bonds. The largest absolute Gasteiger partial charge is 0.385 e. The Morgan fingerprint density at radius 1 is 1.15 bits per heavy atom. The van der Waals surface area contributed by atoms with Crippen molar-refractivity contribution in [2.45, 2.75) is 63.8 Å². The zero-order chi connectivity index (χ0) is 16.5. The lowest BCUT2D eigenvalue weighted by molar-refractivity contribution is -0.164. The monoisotopic (exact) mass is 432 g/mol. The minimum atomic E-state index is -0.752. The average molecular weight is 433 g/mol. The first-order chi connectivity index (χ1) is 11.5. The molecule has 0 aromatic carbocycles. The van der Waals surface area contributed by atoms with Gasteiger partial charge in [0.05, 0.1) is 13.2 Å². The average Bonchev–Trinajstić information content (AvgIpc) is 3.12. The van der Waals surface area contributed by atoms with E-state index in [1.165, 1.54) is 16.7 Å². The molecule has 154 valence electrons. The number of hydrogen-bond donors (Lipinski definition) is 1. The molecule has 1 spiro atoms. The minimum Gasteiger partial charge on any atom is -0.385 e. The number of ether oxygens (including phenoxy) is 2. The van der Waals surface area contributed by atoms with Crippen molar-refractivity contribution >= 4 is 46.3 Å². The fourth-order valence-corrected chi connectivity index (χ4v) is 6.10. The van der Waals surface area contributed by atoms with E-state index in [1.54, 1.807) is 0 Å². The first-order valence-corrected chi connectivity index (χ1v) is 9.44. The topological polar surface area (TPSA) is 55.8 Å². The summed E-state index contributed by atoms with van der Waals surface area (Å²) >= 11 is 0. The zero-order valence-corrected chi connectivity index (χ0v) is 18.8. The van der Waals surface area contributed by atoms with Crippen LogP contribution in [0.1, 0.15) is 51.9 Å². The van der Waals surface area contributed by atoms with Crippen LogP contribution in [-0.4, -0.2) is 36.0 Å². The molecule has 1 saturated carbocycles. The van der Waals surface area contributed by atoms with Crippen molar-refractivity contribution in [3.63, 3.8) is 0 Å². The molecule has 0 radical (unpaired) electrons. The maximum Gasteiger partial charge on any atom is 0.172 e. The number of hydrogen-bond acceptors (Lipinski definition) is 4. The van der Waals surface area contributed by atoms with E-state index < -0.39 is 6.10 Å². The second-order valence-corrected chi connectivity index (χ2v) is 8.51. The molecule has 0 aromatic heterocycles. The van der Waals surface area contributed by atoms with Gasteiger partial charge in [-0.1, -0.05) is 18.6 Å². The second-order valence-electron chi connectivity index (χ2n) is 8.51. The molecule has 1 heterocycles. The number of ketones is 1. The van der Waals surface area contributed by atoms with Crippen molar-refractivity contribution in [2.75, 3.05) is 13.2 Å². The predicted molar refractivity (Wildman–Crippen MR) is 119 cm³/mol. The van der Waals surface area contributed by atoms with Crippen molar-refractivity contribution in [2.24, 2.45) is 17.3 Å². The lowest BCUT2D eigenvalue weighted by Crippen LogP contribution is -2.41. The lowest BCUT2D eigenvalue weighted by Gasteiger charge is -2.46. The van der Waals surface area contributed by atoms with Crippen LogP contribution in [0.5, 0.6) is 0 Å². The van der Waals surface area contributed by atoms with Crippen LogP contribution in [0.15, 0.2) is 22.8 Å². The Kier molecular flexibility index (Phi) is 6.98. The fraction of sp³-hybridized carbons (Fsp3) is 0.750. The number of allylic oxidation sites excluding steroid dienone is 3. The van der Waals surface area contributed by atoms with Gasteiger partial charge >= 0.3 is 0 Å². The third kappa shape index (κ3) is 3.36. The third-order valence-corrected chi connectivity index (χ3v) is 7.38. The van der Waals surface area contributed by atoms with Crippen LogP contribution in [0.4, 0.5) is 0 Å². The number of carbonyl (C=O) groups excluding carboxylic acids is 1. The summed E-state index contributed by atoms with van der Waals surface area (Å²) in [5.41, 5.74) is 4.17. The van der Waals surface area contributed by atoms with Crippen molar-refractivity contribution in [1.29, 1.82) is 0 Å². The first kappa shape index (κ1) is 23.4. The number of aliphatic hydroxyl groups excluding tert-OH is 1. The Morgan fingerprint density at radius 2 is 1.85 bits per heavy atom. The first-order valence-electron chi connectivity index (χ1n) is 9.44. The van der Waals surface area contributed by atoms with Gasteiger partial charge in [-0.05, 0) is 55.1 Å². The van der Waals surface area contributed by atoms with E-state index in [9.17, 15) is 9.90 Å². The van der Waals surface area contributed by atoms with Crippen molar-refractivity contribution in [3.8, 4) is 0 Å². The summed E-state index contributed by atoms with van der Waals surface area (Å²) in [6.07, 6.45) is 8.07. The van der Waals surface area contributed by atoms with Gasteiger partial charge in [0.1, 0.15) is 6.10 Å². The number of fused-ring (bicyclic) bond motifs is 4. The highest BCUT2D eigenvalue weighted by molar-refractivity contribution is 7.59. The Balaban J connectivity index is 0.000000871. The summed E-state index contributed by atoms with van der Waals surface area (Å²) in [4.78, 5) is 12.5. The van der Waals surface area contributed by atoms with Gasteiger partial charge < -0.3 is 14.6 Å². The summed E-state index contributed by atoms with van der Waals surface area (Å²) in [7, 11) is 0. The van der Waals surface area contributed by atoms with Crippen LogP contribution in [0.3, 0.4) is 0 Å². The van der Waals surface area contributed by atoms with Gasteiger partial charge in [-0.15, -0.1) is 0 Å². The fourth-order valence-electron chi connectivity index (χ4n) is 6.10. The van der Waals surface area contributed by atoms with E-state index in [1.807, 2.05) is 0 Å². The Bertz CT molecular complexity index is 668. The number of rotatable bonds is 0. The van der Waals surface area contributed by atoms with Gasteiger partial charge in [-0.2, -0.15) is 40.5 Å². The summed E-state index contributed by atoms with van der Waals surface area (Å²) in [6, 6.07) is 0. The summed E-state index contributed by atoms with van der Waals surface area (Å²) in [5, 5.41) is 10.1. The van der Waals surface area contributed by atoms with Crippen molar-refractivity contribution in [3.05, 3.63) is 22.8 Å². The maximum atomic E-state index is 12.5. The summed E-state index contributed by atoms with van der Waals surface area (Å²) < 4.78 is 11.9. The molecule has 2 fully saturated rings. The van der Waals surface area contributed by atoms with Crippen LogP contribution in [0.2, 0.25) is 0 Å². The molecule has 5 aliphatic rings. The lowest BCUT2D eigenvalue weighted by atomic mass is 9.58. The number of Topliss-reactive ketones (excluding diaryl/α,β-unsaturated/α-hetero) is 1. The predicted octanol–water partition coefficient (Wildman–Crippen LogP) is 3.24. The SMILES string of the molecule is C[C@]12CC=C3C4=C(CC[C@H]3[C@@H]1CC(O)C2=O)CC1(CC4)OCCO1.S.S.S. The van der Waals surface area contributed by atoms with Gasteiger partial charge in [0.15, 0.2) is 11.6 Å². The van der Waals surface area contributed by atoms with Gasteiger partial charge in [0.2, 0.25) is 0 Å². The van der Waals surface area contributed by atoms with Crippen LogP contribution >= 0.6 is 40.5 Å². The smallest absolute Gasteiger partial charge is 0.172 e. The third-order valence-electron chi connectivity index (χ3n) is 7.38. The van der Waals surface area contributed by atoms with Gasteiger partial charge in [0.25, 0.3) is 0 Å². The van der Waals surface area contributed by atoms with Crippen LogP contribution < -0.4 is 0 Å². The highest BCUT2D eigenvalue weighted by atomic mass is 32.1. The van der Waals surface area contributed by atoms with E-state index in [2.05, 4.69) is 13.0 Å². The molecule has 1 aliphatic heterocycles. The second kappa shape index (κ2) is 8.07. The van der Waals surface area contributed by atoms with Gasteiger partial charge in [0, 0.05) is 18.3 Å². The highest BCUT2D eigenvalue weighted by Crippen LogP contribution is 2.58. The molecular formula is C20H32O4S3. The molecule has 1 saturated heterocycles. The molecule has 0 aromatic rings. The molecular weight excluding hydrogens is 400 g/mol. The maximum absolute atomic E-state index is 12.5. The molecule has 0 bridgehead atoms. The number of carbonyl (C=O) groups is 1. The van der Waals surface area contributed by atoms with Crippen LogP contribution in [-0.2, 0) is 14.3 Å². The molecule has 27 heavy (non-hydrogen) atoms. The Hall–Kier alpha value is 0.0800. The molecule has 7 heteroatoms. The molecule has 1 N–H and O–H groups in total. The molecule has 4 nitrogen and oxygen atoms in total. The summed E-state index contributed by atoms with van der Waals surface area (Å²) in [5.74, 6) is 0.472. The van der Waals surface area contributed by atoms with Crippen molar-refractivity contribution in [1.82, 2.24) is 0 Å². The van der Waals surface area contributed by atoms with E-state index in [0.717, 1.165) is 38.5 Å². The standard InChI is InChI=1S/C20H26O4.3H2S/c1-19-6-4-14-13-5-7-20(23-8-9-24-20)11-12(13)2-3-15(14)16(19)10-17(21)18(19)22;;;/h4,15-17,21H,2-3,5-11H2,1H3;3*1H2/t15-,16+,17?,19+;;;/m1.../s1. The summed E-state index contributed by atoms with van der Waals surface area (Å²) in [6.45, 7) is 3.51. The Labute approximate surface area is 182 Å². The molecule has 4 aliphatic carbocycles. The van der Waals surface area contributed by atoms with E-state index in [4.69, 9.17) is 9.47 Å². The van der Waals surface area contributed by atoms with E-state index >= 15 is 0 Å². The molecule has 4 atom stereocenters. The normalized spacial score (nSPS) is 38.7. The van der Waals surface area contributed by atoms with Crippen LogP contribution in [0, 0.1) is 17.3 Å². The van der Waals surface area contributed by atoms with E-state index in [-0.39, 0.29) is 57.5 Å². The molecule has 1 unspecified atom stereocenters. The van der Waals surface area contributed by atoms with Gasteiger partial charge in [-0.3, -0.25) is 4.79 Å². The van der Waals surface area contributed by atoms with Crippen molar-refractivity contribution < 1.29 is 19.4 Å². The quantitative estimate of drug-likeness (QED) is 0.638. The zero-order valence-electron chi connectivity index (χ0n) is 15.8. The van der Waals surface area contributed by atoms with Crippen LogP contribution in [0.25, 0.3) is 0 Å².